The summed E-state index contributed by atoms with van der Waals surface area (Å²) >= 11 is 0. The minimum Gasteiger partial charge on any atom is -0.507 e. The normalized spacial score (nSPS) is 19.4. The Morgan fingerprint density at radius 1 is 1.00 bits per heavy atom. The highest BCUT2D eigenvalue weighted by Gasteiger charge is 2.26. The molecule has 1 aromatic carbocycles. The Morgan fingerprint density at radius 3 is 2.57 bits per heavy atom. The summed E-state index contributed by atoms with van der Waals surface area (Å²) in [7, 11) is 0. The van der Waals surface area contributed by atoms with Crippen LogP contribution in [0.2, 0.25) is 0 Å². The number of aryl methyl sites for hydroxylation is 1. The molecular weight excluding hydrogens is 359 g/mol. The van der Waals surface area contributed by atoms with Crippen molar-refractivity contribution in [2.45, 2.75) is 44.9 Å². The summed E-state index contributed by atoms with van der Waals surface area (Å²) in [4.78, 5) is 0. The van der Waals surface area contributed by atoms with Gasteiger partial charge in [0.1, 0.15) is 18.0 Å². The van der Waals surface area contributed by atoms with Crippen LogP contribution in [0.1, 0.15) is 31.4 Å². The second kappa shape index (κ2) is 7.88. The van der Waals surface area contributed by atoms with Gasteiger partial charge in [-0.05, 0) is 56.0 Å². The predicted molar refractivity (Wildman–Crippen MR) is 103 cm³/mol. The molecule has 0 saturated heterocycles. The second-order valence-corrected chi connectivity index (χ2v) is 7.03. The molecule has 1 aliphatic carbocycles. The number of halogens is 1. The number of nitrogens with zero attached hydrogens (tertiary/aromatic N) is 4. The van der Waals surface area contributed by atoms with Crippen molar-refractivity contribution in [2.75, 3.05) is 0 Å². The van der Waals surface area contributed by atoms with Gasteiger partial charge >= 0.3 is 0 Å². The number of alkyl halides is 1. The van der Waals surface area contributed by atoms with E-state index in [9.17, 15) is 9.50 Å². The molecule has 2 atom stereocenters. The third-order valence-electron chi connectivity index (χ3n) is 4.92. The van der Waals surface area contributed by atoms with Crippen LogP contribution in [0.15, 0.2) is 42.6 Å². The van der Waals surface area contributed by atoms with E-state index in [4.69, 9.17) is 4.74 Å². The minimum absolute atomic E-state index is 0.0889. The van der Waals surface area contributed by atoms with Gasteiger partial charge in [-0.25, -0.2) is 4.39 Å². The number of hydrogen-bond acceptors (Lipinski definition) is 6. The summed E-state index contributed by atoms with van der Waals surface area (Å²) < 4.78 is 19.6. The topological polar surface area (TPSA) is 81.0 Å². The van der Waals surface area contributed by atoms with E-state index in [1.165, 1.54) is 0 Å². The van der Waals surface area contributed by atoms with Gasteiger partial charge in [-0.3, -0.25) is 0 Å². The number of benzene rings is 1. The molecule has 4 rings (SSSR count). The predicted octanol–water partition coefficient (Wildman–Crippen LogP) is 4.27. The van der Waals surface area contributed by atoms with Crippen molar-refractivity contribution < 1.29 is 14.2 Å². The van der Waals surface area contributed by atoms with Crippen molar-refractivity contribution in [2.24, 2.45) is 0 Å². The molecule has 0 aliphatic heterocycles. The summed E-state index contributed by atoms with van der Waals surface area (Å²) in [5.41, 5.74) is 3.58. The van der Waals surface area contributed by atoms with Crippen LogP contribution in [0, 0.1) is 6.92 Å². The molecule has 28 heavy (non-hydrogen) atoms. The van der Waals surface area contributed by atoms with Crippen molar-refractivity contribution in [3.8, 4) is 34.0 Å². The zero-order valence-electron chi connectivity index (χ0n) is 15.5. The molecule has 1 fully saturated rings. The lowest BCUT2D eigenvalue weighted by Crippen LogP contribution is -2.32. The molecule has 0 unspecified atom stereocenters. The molecule has 6 nitrogen and oxygen atoms in total. The quantitative estimate of drug-likeness (QED) is 0.728. The molecular formula is C21H21FN4O2. The lowest BCUT2D eigenvalue weighted by Gasteiger charge is -2.25. The Hall–Kier alpha value is -3.09. The second-order valence-electron chi connectivity index (χ2n) is 7.03. The number of aromatic hydroxyl groups is 1. The van der Waals surface area contributed by atoms with Crippen LogP contribution >= 0.6 is 0 Å². The van der Waals surface area contributed by atoms with Crippen LogP contribution in [0.3, 0.4) is 0 Å². The Kier molecular flexibility index (Phi) is 5.14. The number of hydrogen-bond donors (Lipinski definition) is 1. The van der Waals surface area contributed by atoms with Crippen LogP contribution in [-0.4, -0.2) is 37.8 Å². The van der Waals surface area contributed by atoms with Gasteiger partial charge in [-0.1, -0.05) is 12.5 Å². The fourth-order valence-electron chi connectivity index (χ4n) is 3.42. The lowest BCUT2D eigenvalue weighted by atomic mass is 9.96. The number of rotatable bonds is 4. The van der Waals surface area contributed by atoms with Gasteiger partial charge in [0, 0.05) is 17.2 Å². The van der Waals surface area contributed by atoms with Gasteiger partial charge in [0.05, 0.1) is 17.6 Å². The standard InChI is InChI=1S/C21H21FN4O2/c1-13-10-15(12-23-24-13)14-6-7-16(19(27)11-14)18-8-9-21(26-25-18)28-20-5-3-2-4-17(20)22/h6-12,17,20,27H,2-5H2,1H3/t17-,20+/m0/s1. The minimum atomic E-state index is -0.960. The molecule has 3 aromatic rings. The van der Waals surface area contributed by atoms with E-state index in [2.05, 4.69) is 20.4 Å². The zero-order valence-corrected chi connectivity index (χ0v) is 15.5. The Morgan fingerprint density at radius 2 is 1.86 bits per heavy atom. The number of phenols is 1. The van der Waals surface area contributed by atoms with Gasteiger partial charge in [-0.2, -0.15) is 10.2 Å². The van der Waals surface area contributed by atoms with E-state index in [0.29, 0.717) is 30.0 Å². The average Bonchev–Trinajstić information content (AvgIpc) is 2.70. The van der Waals surface area contributed by atoms with Crippen molar-refractivity contribution in [3.05, 3.63) is 48.3 Å². The molecule has 0 radical (unpaired) electrons. The van der Waals surface area contributed by atoms with Crippen LogP contribution < -0.4 is 4.74 Å². The highest BCUT2D eigenvalue weighted by Crippen LogP contribution is 2.33. The maximum Gasteiger partial charge on any atom is 0.233 e. The maximum atomic E-state index is 13.9. The Bertz CT molecular complexity index is 965. The van der Waals surface area contributed by atoms with Gasteiger partial charge in [0.25, 0.3) is 0 Å². The molecule has 0 amide bonds. The van der Waals surface area contributed by atoms with Crippen molar-refractivity contribution in [1.29, 1.82) is 0 Å². The summed E-state index contributed by atoms with van der Waals surface area (Å²) in [6.07, 6.45) is 3.31. The fourth-order valence-corrected chi connectivity index (χ4v) is 3.42. The SMILES string of the molecule is Cc1cc(-c2ccc(-c3ccc(O[C@@H]4CCCC[C@@H]4F)nn3)c(O)c2)cnn1. The molecule has 0 spiro atoms. The molecule has 1 aliphatic rings. The van der Waals surface area contributed by atoms with E-state index in [0.717, 1.165) is 29.7 Å². The van der Waals surface area contributed by atoms with E-state index < -0.39 is 12.3 Å². The smallest absolute Gasteiger partial charge is 0.233 e. The van der Waals surface area contributed by atoms with Gasteiger partial charge in [0.15, 0.2) is 0 Å². The first-order chi connectivity index (χ1) is 13.6. The van der Waals surface area contributed by atoms with E-state index >= 15 is 0 Å². The molecule has 1 N–H and O–H groups in total. The number of phenolic OH excluding ortho intramolecular Hbond substituents is 1. The van der Waals surface area contributed by atoms with Crippen LogP contribution in [0.25, 0.3) is 22.4 Å². The maximum absolute atomic E-state index is 13.9. The van der Waals surface area contributed by atoms with Crippen LogP contribution in [0.4, 0.5) is 4.39 Å². The highest BCUT2D eigenvalue weighted by atomic mass is 19.1. The molecule has 2 heterocycles. The number of aromatic nitrogens is 4. The summed E-state index contributed by atoms with van der Waals surface area (Å²) in [5.74, 6) is 0.388. The van der Waals surface area contributed by atoms with Gasteiger partial charge in [-0.15, -0.1) is 10.2 Å². The number of ether oxygens (including phenoxy) is 1. The molecule has 0 bridgehead atoms. The summed E-state index contributed by atoms with van der Waals surface area (Å²) in [6, 6.07) is 10.6. The largest absolute Gasteiger partial charge is 0.507 e. The monoisotopic (exact) mass is 380 g/mol. The average molecular weight is 380 g/mol. The molecule has 7 heteroatoms. The first-order valence-corrected chi connectivity index (χ1v) is 9.38. The van der Waals surface area contributed by atoms with Crippen molar-refractivity contribution >= 4 is 0 Å². The lowest BCUT2D eigenvalue weighted by molar-refractivity contribution is 0.0594. The third-order valence-corrected chi connectivity index (χ3v) is 4.92. The first kappa shape index (κ1) is 18.3. The van der Waals surface area contributed by atoms with Gasteiger partial charge < -0.3 is 9.84 Å². The molecule has 2 aromatic heterocycles. The van der Waals surface area contributed by atoms with Crippen molar-refractivity contribution in [1.82, 2.24) is 20.4 Å². The fraction of sp³-hybridized carbons (Fsp3) is 0.333. The summed E-state index contributed by atoms with van der Waals surface area (Å²) in [6.45, 7) is 1.86. The molecule has 144 valence electrons. The highest BCUT2D eigenvalue weighted by molar-refractivity contribution is 5.73. The van der Waals surface area contributed by atoms with E-state index in [-0.39, 0.29) is 5.75 Å². The zero-order chi connectivity index (χ0) is 19.5. The third kappa shape index (κ3) is 3.93. The van der Waals surface area contributed by atoms with E-state index in [1.54, 1.807) is 30.5 Å². The summed E-state index contributed by atoms with van der Waals surface area (Å²) in [5, 5.41) is 26.5. The van der Waals surface area contributed by atoms with Crippen molar-refractivity contribution in [3.63, 3.8) is 0 Å². The Balaban J connectivity index is 1.52. The van der Waals surface area contributed by atoms with Gasteiger partial charge in [0.2, 0.25) is 5.88 Å². The molecule has 1 saturated carbocycles. The van der Waals surface area contributed by atoms with Crippen LogP contribution in [-0.2, 0) is 0 Å². The first-order valence-electron chi connectivity index (χ1n) is 9.38. The Labute approximate surface area is 162 Å². The van der Waals surface area contributed by atoms with E-state index in [1.807, 2.05) is 19.1 Å². The van der Waals surface area contributed by atoms with Crippen LogP contribution in [0.5, 0.6) is 11.6 Å².